The summed E-state index contributed by atoms with van der Waals surface area (Å²) >= 11 is 3.25. The zero-order valence-electron chi connectivity index (χ0n) is 10.8. The van der Waals surface area contributed by atoms with Crippen molar-refractivity contribution in [2.45, 2.75) is 6.42 Å². The van der Waals surface area contributed by atoms with Crippen LogP contribution in [0.25, 0.3) is 0 Å². The topological polar surface area (TPSA) is 87.6 Å². The second-order valence-electron chi connectivity index (χ2n) is 4.05. The number of halogens is 2. The number of nitrogens with two attached hydrogens (primary N) is 1. The molecule has 1 heterocycles. The molecule has 0 aliphatic rings. The maximum atomic E-state index is 13.0. The Balaban J connectivity index is 1.78. The van der Waals surface area contributed by atoms with Crippen LogP contribution in [0.1, 0.15) is 5.76 Å². The molecule has 1 amide bonds. The Morgan fingerprint density at radius 3 is 2.86 bits per heavy atom. The van der Waals surface area contributed by atoms with Crippen molar-refractivity contribution in [3.63, 3.8) is 0 Å². The van der Waals surface area contributed by atoms with E-state index in [0.717, 1.165) is 0 Å². The SMILES string of the molecule is NC(=O)Cc1cc(OCCOc2cc(F)ccc2Br)no1. The van der Waals surface area contributed by atoms with Crippen molar-refractivity contribution in [2.24, 2.45) is 5.73 Å². The summed E-state index contributed by atoms with van der Waals surface area (Å²) in [5.41, 5.74) is 5.02. The van der Waals surface area contributed by atoms with Crippen LogP contribution in [0.3, 0.4) is 0 Å². The maximum Gasteiger partial charge on any atom is 0.254 e. The van der Waals surface area contributed by atoms with Gasteiger partial charge in [-0.1, -0.05) is 0 Å². The van der Waals surface area contributed by atoms with Crippen LogP contribution in [-0.4, -0.2) is 24.3 Å². The van der Waals surface area contributed by atoms with Crippen LogP contribution in [0.4, 0.5) is 4.39 Å². The van der Waals surface area contributed by atoms with E-state index in [1.165, 1.54) is 18.2 Å². The van der Waals surface area contributed by atoms with E-state index in [0.29, 0.717) is 16.0 Å². The highest BCUT2D eigenvalue weighted by Crippen LogP contribution is 2.25. The van der Waals surface area contributed by atoms with Crippen LogP contribution in [0.15, 0.2) is 33.3 Å². The summed E-state index contributed by atoms with van der Waals surface area (Å²) < 4.78 is 29.2. The van der Waals surface area contributed by atoms with Gasteiger partial charge >= 0.3 is 0 Å². The van der Waals surface area contributed by atoms with Gasteiger partial charge in [-0.25, -0.2) is 4.39 Å². The third-order valence-corrected chi connectivity index (χ3v) is 3.03. The van der Waals surface area contributed by atoms with E-state index >= 15 is 0 Å². The van der Waals surface area contributed by atoms with Gasteiger partial charge in [0.1, 0.15) is 30.5 Å². The summed E-state index contributed by atoms with van der Waals surface area (Å²) in [7, 11) is 0. The molecule has 0 atom stereocenters. The number of ether oxygens (including phenoxy) is 2. The monoisotopic (exact) mass is 358 g/mol. The molecule has 0 saturated carbocycles. The first-order chi connectivity index (χ1) is 10.0. The fourth-order valence-corrected chi connectivity index (χ4v) is 1.86. The van der Waals surface area contributed by atoms with E-state index in [2.05, 4.69) is 21.1 Å². The minimum Gasteiger partial charge on any atom is -0.489 e. The molecule has 0 spiro atoms. The molecule has 8 heteroatoms. The summed E-state index contributed by atoms with van der Waals surface area (Å²) in [5.74, 6) is 0.0336. The van der Waals surface area contributed by atoms with Crippen molar-refractivity contribution in [1.82, 2.24) is 5.16 Å². The summed E-state index contributed by atoms with van der Waals surface area (Å²) in [4.78, 5) is 10.7. The van der Waals surface area contributed by atoms with E-state index in [4.69, 9.17) is 19.7 Å². The second-order valence-corrected chi connectivity index (χ2v) is 4.90. The van der Waals surface area contributed by atoms with Crippen LogP contribution in [-0.2, 0) is 11.2 Å². The number of carbonyl (C=O) groups excluding carboxylic acids is 1. The fourth-order valence-electron chi connectivity index (χ4n) is 1.50. The minimum absolute atomic E-state index is 0.0386. The van der Waals surface area contributed by atoms with Crippen molar-refractivity contribution in [1.29, 1.82) is 0 Å². The molecule has 0 saturated heterocycles. The smallest absolute Gasteiger partial charge is 0.254 e. The number of primary amides is 1. The number of rotatable bonds is 7. The van der Waals surface area contributed by atoms with Crippen LogP contribution < -0.4 is 15.2 Å². The Morgan fingerprint density at radius 2 is 2.10 bits per heavy atom. The predicted molar refractivity (Wildman–Crippen MR) is 74.5 cm³/mol. The molecule has 2 N–H and O–H groups in total. The lowest BCUT2D eigenvalue weighted by Gasteiger charge is -2.08. The van der Waals surface area contributed by atoms with E-state index in [1.54, 1.807) is 6.07 Å². The highest BCUT2D eigenvalue weighted by Gasteiger charge is 2.08. The number of hydrogen-bond donors (Lipinski definition) is 1. The molecule has 0 unspecified atom stereocenters. The Labute approximate surface area is 128 Å². The van der Waals surface area contributed by atoms with Gasteiger partial charge in [0, 0.05) is 12.1 Å². The lowest BCUT2D eigenvalue weighted by Crippen LogP contribution is -2.13. The first kappa shape index (κ1) is 15.3. The van der Waals surface area contributed by atoms with Crippen LogP contribution in [0.5, 0.6) is 11.6 Å². The molecular formula is C13H12BrFN2O4. The van der Waals surface area contributed by atoms with Crippen LogP contribution in [0, 0.1) is 5.82 Å². The van der Waals surface area contributed by atoms with Crippen molar-refractivity contribution < 1.29 is 23.2 Å². The van der Waals surface area contributed by atoms with E-state index in [9.17, 15) is 9.18 Å². The zero-order valence-corrected chi connectivity index (χ0v) is 12.4. The van der Waals surface area contributed by atoms with E-state index < -0.39 is 5.91 Å². The van der Waals surface area contributed by atoms with Gasteiger partial charge in [-0.15, -0.1) is 0 Å². The molecule has 1 aromatic heterocycles. The summed E-state index contributed by atoms with van der Waals surface area (Å²) in [6, 6.07) is 5.62. The van der Waals surface area contributed by atoms with Gasteiger partial charge in [0.2, 0.25) is 5.91 Å². The van der Waals surface area contributed by atoms with Crippen LogP contribution >= 0.6 is 15.9 Å². The van der Waals surface area contributed by atoms with Gasteiger partial charge in [0.05, 0.1) is 10.9 Å². The summed E-state index contributed by atoms with van der Waals surface area (Å²) in [6.07, 6.45) is -0.0386. The number of nitrogens with zero attached hydrogens (tertiary/aromatic N) is 1. The van der Waals surface area contributed by atoms with E-state index in [-0.39, 0.29) is 31.3 Å². The molecule has 0 aliphatic heterocycles. The lowest BCUT2D eigenvalue weighted by molar-refractivity contribution is -0.117. The molecule has 2 rings (SSSR count). The molecule has 0 aliphatic carbocycles. The molecule has 2 aromatic rings. The van der Waals surface area contributed by atoms with Gasteiger partial charge in [-0.05, 0) is 33.2 Å². The second kappa shape index (κ2) is 7.07. The van der Waals surface area contributed by atoms with Gasteiger partial charge in [-0.2, -0.15) is 0 Å². The molecule has 0 radical (unpaired) electrons. The minimum atomic E-state index is -0.517. The molecule has 21 heavy (non-hydrogen) atoms. The molecule has 0 bridgehead atoms. The van der Waals surface area contributed by atoms with Gasteiger partial charge < -0.3 is 19.7 Å². The largest absolute Gasteiger partial charge is 0.489 e. The van der Waals surface area contributed by atoms with Crippen LogP contribution in [0.2, 0.25) is 0 Å². The first-order valence-corrected chi connectivity index (χ1v) is 6.78. The molecule has 1 aromatic carbocycles. The Kier molecular flexibility index (Phi) is 5.15. The zero-order chi connectivity index (χ0) is 15.2. The third kappa shape index (κ3) is 4.75. The Bertz CT molecular complexity index is 632. The van der Waals surface area contributed by atoms with Gasteiger partial charge in [0.15, 0.2) is 0 Å². The molecule has 0 fully saturated rings. The van der Waals surface area contributed by atoms with Crippen molar-refractivity contribution >= 4 is 21.8 Å². The number of amides is 1. The Hall–Kier alpha value is -2.09. The maximum absolute atomic E-state index is 13.0. The molecular weight excluding hydrogens is 347 g/mol. The summed E-state index contributed by atoms with van der Waals surface area (Å²) in [5, 5.41) is 3.62. The average Bonchev–Trinajstić information content (AvgIpc) is 2.85. The molecule has 112 valence electrons. The van der Waals surface area contributed by atoms with E-state index in [1.807, 2.05) is 0 Å². The van der Waals surface area contributed by atoms with Gasteiger partial charge in [-0.3, -0.25) is 4.79 Å². The molecule has 6 nitrogen and oxygen atoms in total. The number of aromatic nitrogens is 1. The van der Waals surface area contributed by atoms with Crippen molar-refractivity contribution in [3.8, 4) is 11.6 Å². The standard InChI is InChI=1S/C13H12BrFN2O4/c14-10-2-1-8(15)5-11(10)19-3-4-20-13-7-9(21-17-13)6-12(16)18/h1-2,5,7H,3-4,6H2,(H2,16,18). The quantitative estimate of drug-likeness (QED) is 0.765. The lowest BCUT2D eigenvalue weighted by atomic mass is 10.3. The third-order valence-electron chi connectivity index (χ3n) is 2.37. The number of benzene rings is 1. The Morgan fingerprint density at radius 1 is 1.33 bits per heavy atom. The highest BCUT2D eigenvalue weighted by molar-refractivity contribution is 9.10. The normalized spacial score (nSPS) is 10.4. The highest BCUT2D eigenvalue weighted by atomic mass is 79.9. The number of carbonyl (C=O) groups is 1. The first-order valence-electron chi connectivity index (χ1n) is 5.99. The fraction of sp³-hybridized carbons (Fsp3) is 0.231. The average molecular weight is 359 g/mol. The van der Waals surface area contributed by atoms with Gasteiger partial charge in [0.25, 0.3) is 5.88 Å². The summed E-state index contributed by atoms with van der Waals surface area (Å²) in [6.45, 7) is 0.381. The predicted octanol–water partition coefficient (Wildman–Crippen LogP) is 2.06. The van der Waals surface area contributed by atoms with Crippen molar-refractivity contribution in [2.75, 3.05) is 13.2 Å². The van der Waals surface area contributed by atoms with Crippen molar-refractivity contribution in [3.05, 3.63) is 40.3 Å². The number of hydrogen-bond acceptors (Lipinski definition) is 5.